The van der Waals surface area contributed by atoms with Crippen LogP contribution in [-0.2, 0) is 14.4 Å². The fourth-order valence-corrected chi connectivity index (χ4v) is 1.93. The molecule has 1 unspecified atom stereocenters. The van der Waals surface area contributed by atoms with Crippen LogP contribution in [0.5, 0.6) is 0 Å². The molecule has 1 aliphatic heterocycles. The zero-order chi connectivity index (χ0) is 11.4. The predicted octanol–water partition coefficient (Wildman–Crippen LogP) is -0.480. The number of rotatable bonds is 4. The summed E-state index contributed by atoms with van der Waals surface area (Å²) in [6, 6.07) is -0.711. The van der Waals surface area contributed by atoms with E-state index < -0.39 is 29.0 Å². The number of imide groups is 1. The molecular formula is C8H11FN2O3S. The lowest BCUT2D eigenvalue weighted by Gasteiger charge is -2.12. The number of likely N-dealkylation sites (tertiary alicyclic amines) is 1. The van der Waals surface area contributed by atoms with Gasteiger partial charge in [0, 0.05) is 13.5 Å². The number of nitrogens with one attached hydrogen (secondary N) is 1. The van der Waals surface area contributed by atoms with Crippen molar-refractivity contribution in [2.24, 2.45) is 0 Å². The van der Waals surface area contributed by atoms with Crippen LogP contribution < -0.4 is 5.32 Å². The van der Waals surface area contributed by atoms with E-state index in [2.05, 4.69) is 5.32 Å². The van der Waals surface area contributed by atoms with E-state index >= 15 is 0 Å². The van der Waals surface area contributed by atoms with E-state index in [1.807, 2.05) is 0 Å². The first-order valence-corrected chi connectivity index (χ1v) is 5.37. The van der Waals surface area contributed by atoms with Gasteiger partial charge in [0.05, 0.1) is 5.25 Å². The van der Waals surface area contributed by atoms with Gasteiger partial charge in [-0.2, -0.15) is 0 Å². The molecule has 15 heavy (non-hydrogen) atoms. The van der Waals surface area contributed by atoms with Gasteiger partial charge in [-0.05, 0) is 0 Å². The third-order valence-electron chi connectivity index (χ3n) is 2.05. The first kappa shape index (κ1) is 12.0. The van der Waals surface area contributed by atoms with Crippen LogP contribution >= 0.6 is 11.8 Å². The molecule has 5 nitrogen and oxygen atoms in total. The largest absolute Gasteiger partial charge is 0.358 e. The number of halogens is 1. The number of carbonyl (C=O) groups is 3. The average molecular weight is 233 g/mol. The molecule has 3 amide bonds. The van der Waals surface area contributed by atoms with E-state index in [0.29, 0.717) is 0 Å². The molecule has 0 radical (unpaired) electrons. The maximum atomic E-state index is 12.0. The summed E-state index contributed by atoms with van der Waals surface area (Å²) in [5.41, 5.74) is 0. The number of nitrogens with zero attached hydrogens (tertiary/aromatic N) is 1. The van der Waals surface area contributed by atoms with Crippen LogP contribution in [0.2, 0.25) is 0 Å². The Morgan fingerprint density at radius 3 is 2.87 bits per heavy atom. The number of carbonyl (C=O) groups excluding carboxylic acids is 3. The van der Waals surface area contributed by atoms with Crippen molar-refractivity contribution in [2.45, 2.75) is 11.7 Å². The van der Waals surface area contributed by atoms with E-state index in [-0.39, 0.29) is 13.0 Å². The van der Waals surface area contributed by atoms with Crippen molar-refractivity contribution in [3.63, 3.8) is 0 Å². The monoisotopic (exact) mass is 233 g/mol. The highest BCUT2D eigenvalue weighted by Gasteiger charge is 2.39. The molecule has 1 saturated heterocycles. The Hall–Kier alpha value is -1.11. The zero-order valence-electron chi connectivity index (χ0n) is 8.16. The van der Waals surface area contributed by atoms with E-state index in [1.165, 1.54) is 7.05 Å². The highest BCUT2D eigenvalue weighted by molar-refractivity contribution is 8.00. The highest BCUT2D eigenvalue weighted by Crippen LogP contribution is 2.24. The second-order valence-electron chi connectivity index (χ2n) is 2.96. The summed E-state index contributed by atoms with van der Waals surface area (Å²) in [6.07, 6.45) is -0.0234. The lowest BCUT2D eigenvalue weighted by Crippen LogP contribution is -2.39. The molecule has 0 aromatic carbocycles. The van der Waals surface area contributed by atoms with Gasteiger partial charge in [-0.15, -0.1) is 11.8 Å². The minimum atomic E-state index is -0.711. The number of likely N-dealkylation sites (N-methyl/N-ethyl adjacent to an activating group) is 1. The summed E-state index contributed by atoms with van der Waals surface area (Å²) < 4.78 is 12.0. The van der Waals surface area contributed by atoms with Crippen LogP contribution in [0.3, 0.4) is 0 Å². The molecule has 84 valence electrons. The van der Waals surface area contributed by atoms with Gasteiger partial charge in [0.25, 0.3) is 0 Å². The number of hydrogen-bond acceptors (Lipinski definition) is 4. The van der Waals surface area contributed by atoms with Crippen molar-refractivity contribution in [1.82, 2.24) is 10.2 Å². The summed E-state index contributed by atoms with van der Waals surface area (Å²) in [5.74, 6) is -1.32. The lowest BCUT2D eigenvalue weighted by atomic mass is 10.4. The second kappa shape index (κ2) is 5.11. The smallest absolute Gasteiger partial charge is 0.243 e. The van der Waals surface area contributed by atoms with Gasteiger partial charge in [0.15, 0.2) is 0 Å². The summed E-state index contributed by atoms with van der Waals surface area (Å²) in [5, 5.41) is 1.64. The molecule has 0 spiro atoms. The lowest BCUT2D eigenvalue weighted by molar-refractivity contribution is -0.142. The maximum absolute atomic E-state index is 12.0. The Balaban J connectivity index is 2.62. The van der Waals surface area contributed by atoms with E-state index in [4.69, 9.17) is 0 Å². The Morgan fingerprint density at radius 2 is 2.33 bits per heavy atom. The van der Waals surface area contributed by atoms with Crippen molar-refractivity contribution in [3.05, 3.63) is 0 Å². The van der Waals surface area contributed by atoms with E-state index in [9.17, 15) is 18.8 Å². The third kappa shape index (κ3) is 2.68. The molecule has 0 aliphatic carbocycles. The van der Waals surface area contributed by atoms with Crippen molar-refractivity contribution >= 4 is 29.5 Å². The SMILES string of the molecule is CNC(=O)CN1C(=O)CC(SC[18F])C1=O. The van der Waals surface area contributed by atoms with Crippen LogP contribution in [0.1, 0.15) is 6.42 Å². The van der Waals surface area contributed by atoms with Crippen LogP contribution in [0, 0.1) is 0 Å². The Bertz CT molecular complexity index is 298. The van der Waals surface area contributed by atoms with Crippen molar-refractivity contribution in [2.75, 3.05) is 19.6 Å². The Kier molecular flexibility index (Phi) is 4.07. The fraction of sp³-hybridized carbons (Fsp3) is 0.625. The van der Waals surface area contributed by atoms with Gasteiger partial charge < -0.3 is 5.32 Å². The molecule has 1 fully saturated rings. The van der Waals surface area contributed by atoms with Gasteiger partial charge >= 0.3 is 0 Å². The number of alkyl halides is 1. The molecular weight excluding hydrogens is 222 g/mol. The molecule has 1 heterocycles. The second-order valence-corrected chi connectivity index (χ2v) is 4.08. The molecule has 1 aliphatic rings. The molecule has 1 rings (SSSR count). The van der Waals surface area contributed by atoms with Crippen LogP contribution in [0.4, 0.5) is 4.39 Å². The molecule has 0 aromatic heterocycles. The Morgan fingerprint density at radius 1 is 1.67 bits per heavy atom. The van der Waals surface area contributed by atoms with Crippen LogP contribution in [0.25, 0.3) is 0 Å². The number of amides is 3. The van der Waals surface area contributed by atoms with E-state index in [1.54, 1.807) is 0 Å². The number of thioether (sulfide) groups is 1. The van der Waals surface area contributed by atoms with Crippen molar-refractivity contribution in [1.29, 1.82) is 0 Å². The molecule has 1 N–H and O–H groups in total. The fourth-order valence-electron chi connectivity index (χ4n) is 1.25. The van der Waals surface area contributed by atoms with E-state index in [0.717, 1.165) is 16.7 Å². The molecule has 1 atom stereocenters. The summed E-state index contributed by atoms with van der Waals surface area (Å²) in [4.78, 5) is 34.7. The van der Waals surface area contributed by atoms with Gasteiger partial charge in [-0.25, -0.2) is 4.39 Å². The average Bonchev–Trinajstić information content (AvgIpc) is 2.46. The first-order chi connectivity index (χ1) is 7.10. The topological polar surface area (TPSA) is 66.5 Å². The predicted molar refractivity (Wildman–Crippen MR) is 52.8 cm³/mol. The van der Waals surface area contributed by atoms with Crippen molar-refractivity contribution < 1.29 is 18.8 Å². The minimum Gasteiger partial charge on any atom is -0.358 e. The van der Waals surface area contributed by atoms with Crippen LogP contribution in [0.15, 0.2) is 0 Å². The normalized spacial score (nSPS) is 20.9. The minimum absolute atomic E-state index is 0.0234. The van der Waals surface area contributed by atoms with Crippen LogP contribution in [-0.4, -0.2) is 47.5 Å². The Labute approximate surface area is 90.4 Å². The highest BCUT2D eigenvalue weighted by atomic mass is 32.2. The molecule has 7 heteroatoms. The maximum Gasteiger partial charge on any atom is 0.243 e. The quantitative estimate of drug-likeness (QED) is 0.666. The van der Waals surface area contributed by atoms with Gasteiger partial charge in [0.2, 0.25) is 17.7 Å². The summed E-state index contributed by atoms with van der Waals surface area (Å²) >= 11 is 0.779. The van der Waals surface area contributed by atoms with Gasteiger partial charge in [0.1, 0.15) is 12.6 Å². The standard InChI is InChI=1S/C8H11FN2O3S/c1-10-6(12)3-11-7(13)2-5(8(11)14)15-4-9/h5H,2-4H2,1H3,(H,10,12)/i9-1. The molecule has 0 saturated carbocycles. The first-order valence-electron chi connectivity index (χ1n) is 4.32. The zero-order valence-corrected chi connectivity index (χ0v) is 8.97. The van der Waals surface area contributed by atoms with Crippen molar-refractivity contribution in [3.8, 4) is 0 Å². The van der Waals surface area contributed by atoms with Gasteiger partial charge in [-0.3, -0.25) is 19.3 Å². The molecule has 0 bridgehead atoms. The summed E-state index contributed by atoms with van der Waals surface area (Å²) in [6.45, 7) is -0.280. The third-order valence-corrected chi connectivity index (χ3v) is 2.94. The number of hydrogen-bond donors (Lipinski definition) is 1. The molecule has 0 aromatic rings. The summed E-state index contributed by atoms with van der Waals surface area (Å²) in [7, 11) is 1.42. The van der Waals surface area contributed by atoms with Gasteiger partial charge in [-0.1, -0.05) is 0 Å².